The van der Waals surface area contributed by atoms with E-state index >= 15 is 0 Å². The van der Waals surface area contributed by atoms with Crippen LogP contribution in [0.2, 0.25) is 0 Å². The van der Waals surface area contributed by atoms with Crippen LogP contribution in [0.1, 0.15) is 23.7 Å². The van der Waals surface area contributed by atoms with E-state index in [1.165, 1.54) is 0 Å². The number of carbonyl (C=O) groups is 2. The highest BCUT2D eigenvalue weighted by Crippen LogP contribution is 2.18. The van der Waals surface area contributed by atoms with Crippen LogP contribution in [0.15, 0.2) is 29.2 Å². The molecule has 0 bridgehead atoms. The Morgan fingerprint density at radius 3 is 2.39 bits per heavy atom. The third-order valence-corrected chi connectivity index (χ3v) is 3.52. The molecule has 0 spiro atoms. The van der Waals surface area contributed by atoms with E-state index in [0.717, 1.165) is 10.6 Å². The lowest BCUT2D eigenvalue weighted by atomic mass is 10.2. The predicted octanol–water partition coefficient (Wildman–Crippen LogP) is 2.35. The Kier molecular flexibility index (Phi) is 5.71. The molecule has 0 aliphatic rings. The minimum absolute atomic E-state index is 0.136. The summed E-state index contributed by atoms with van der Waals surface area (Å²) in [5.74, 6) is 0.0194. The van der Waals surface area contributed by atoms with E-state index in [4.69, 9.17) is 5.11 Å². The maximum Gasteiger partial charge on any atom is 0.335 e. The van der Waals surface area contributed by atoms with Gasteiger partial charge in [0.15, 0.2) is 0 Å². The Hall–Kier alpha value is -1.49. The van der Waals surface area contributed by atoms with Crippen LogP contribution in [-0.4, -0.2) is 41.2 Å². The number of hydrogen-bond acceptors (Lipinski definition) is 3. The number of hydrogen-bond donors (Lipinski definition) is 1. The Morgan fingerprint density at radius 2 is 1.89 bits per heavy atom. The molecule has 0 fully saturated rings. The van der Waals surface area contributed by atoms with Gasteiger partial charge in [0, 0.05) is 30.7 Å². The first-order valence-corrected chi connectivity index (χ1v) is 6.73. The average Bonchev–Trinajstić information content (AvgIpc) is 2.38. The summed E-state index contributed by atoms with van der Waals surface area (Å²) in [6, 6.07) is 6.75. The molecule has 5 heteroatoms. The summed E-state index contributed by atoms with van der Waals surface area (Å²) in [7, 11) is 1.79. The second-order valence-corrected chi connectivity index (χ2v) is 5.02. The lowest BCUT2D eigenvalue weighted by Gasteiger charge is -2.15. The van der Waals surface area contributed by atoms with Crippen LogP contribution in [0.5, 0.6) is 0 Å². The number of thioether (sulfide) groups is 1. The second kappa shape index (κ2) is 7.06. The van der Waals surface area contributed by atoms with Gasteiger partial charge in [-0.15, -0.1) is 11.8 Å². The minimum Gasteiger partial charge on any atom is -0.478 e. The fraction of sp³-hybridized carbons (Fsp3) is 0.385. The highest BCUT2D eigenvalue weighted by atomic mass is 32.2. The van der Waals surface area contributed by atoms with Gasteiger partial charge in [0.05, 0.1) is 5.56 Å². The van der Waals surface area contributed by atoms with Crippen molar-refractivity contribution in [2.45, 2.75) is 18.2 Å². The summed E-state index contributed by atoms with van der Waals surface area (Å²) < 4.78 is 0. The molecule has 0 saturated carbocycles. The van der Waals surface area contributed by atoms with Gasteiger partial charge in [0.2, 0.25) is 5.91 Å². The minimum atomic E-state index is -0.917. The number of nitrogens with zero attached hydrogens (tertiary/aromatic N) is 1. The van der Waals surface area contributed by atoms with Crippen LogP contribution in [0.3, 0.4) is 0 Å². The zero-order chi connectivity index (χ0) is 13.5. The van der Waals surface area contributed by atoms with Gasteiger partial charge in [0.1, 0.15) is 0 Å². The van der Waals surface area contributed by atoms with E-state index in [-0.39, 0.29) is 11.5 Å². The molecule has 1 aromatic carbocycles. The molecule has 0 aliphatic heterocycles. The third kappa shape index (κ3) is 4.41. The standard InChI is InChI=1S/C13H17NO3S/c1-3-12(15)14(2)8-9-18-11-6-4-10(5-7-11)13(16)17/h4-7H,3,8-9H2,1-2H3,(H,16,17). The molecule has 1 N–H and O–H groups in total. The number of carboxylic acid groups (broad SMARTS) is 1. The van der Waals surface area contributed by atoms with Gasteiger partial charge in [-0.05, 0) is 24.3 Å². The number of benzene rings is 1. The van der Waals surface area contributed by atoms with Crippen LogP contribution in [0, 0.1) is 0 Å². The maximum absolute atomic E-state index is 11.3. The Morgan fingerprint density at radius 1 is 1.28 bits per heavy atom. The van der Waals surface area contributed by atoms with Crippen LogP contribution in [-0.2, 0) is 4.79 Å². The summed E-state index contributed by atoms with van der Waals surface area (Å²) in [4.78, 5) is 24.7. The first-order chi connectivity index (χ1) is 8.54. The van der Waals surface area contributed by atoms with Gasteiger partial charge in [0.25, 0.3) is 0 Å². The van der Waals surface area contributed by atoms with Gasteiger partial charge < -0.3 is 10.0 Å². The van der Waals surface area contributed by atoms with Crippen molar-refractivity contribution in [2.75, 3.05) is 19.3 Å². The molecule has 0 saturated heterocycles. The predicted molar refractivity (Wildman–Crippen MR) is 72.1 cm³/mol. The fourth-order valence-corrected chi connectivity index (χ4v) is 2.32. The summed E-state index contributed by atoms with van der Waals surface area (Å²) in [6.45, 7) is 2.54. The number of carboxylic acids is 1. The van der Waals surface area contributed by atoms with E-state index in [2.05, 4.69) is 0 Å². The highest BCUT2D eigenvalue weighted by Gasteiger charge is 2.06. The summed E-state index contributed by atoms with van der Waals surface area (Å²) in [6.07, 6.45) is 0.522. The van der Waals surface area contributed by atoms with Gasteiger partial charge >= 0.3 is 5.97 Å². The van der Waals surface area contributed by atoms with Crippen molar-refractivity contribution in [3.8, 4) is 0 Å². The molecule has 98 valence electrons. The lowest BCUT2D eigenvalue weighted by molar-refractivity contribution is -0.129. The van der Waals surface area contributed by atoms with Crippen molar-refractivity contribution in [1.82, 2.24) is 4.90 Å². The van der Waals surface area contributed by atoms with Crippen LogP contribution < -0.4 is 0 Å². The monoisotopic (exact) mass is 267 g/mol. The molecular formula is C13H17NO3S. The van der Waals surface area contributed by atoms with E-state index in [1.54, 1.807) is 48.0 Å². The zero-order valence-electron chi connectivity index (χ0n) is 10.5. The SMILES string of the molecule is CCC(=O)N(C)CCSc1ccc(C(=O)O)cc1. The number of aromatic carboxylic acids is 1. The first-order valence-electron chi connectivity index (χ1n) is 5.74. The molecule has 0 heterocycles. The van der Waals surface area contributed by atoms with Crippen molar-refractivity contribution in [1.29, 1.82) is 0 Å². The molecule has 0 unspecified atom stereocenters. The van der Waals surface area contributed by atoms with E-state index in [0.29, 0.717) is 13.0 Å². The van der Waals surface area contributed by atoms with Gasteiger partial charge in [-0.1, -0.05) is 6.92 Å². The average molecular weight is 267 g/mol. The largest absolute Gasteiger partial charge is 0.478 e. The molecule has 0 atom stereocenters. The second-order valence-electron chi connectivity index (χ2n) is 3.85. The zero-order valence-corrected chi connectivity index (χ0v) is 11.4. The maximum atomic E-state index is 11.3. The number of amides is 1. The van der Waals surface area contributed by atoms with Gasteiger partial charge in [-0.3, -0.25) is 4.79 Å². The smallest absolute Gasteiger partial charge is 0.335 e. The molecule has 0 radical (unpaired) electrons. The van der Waals surface area contributed by atoms with E-state index in [9.17, 15) is 9.59 Å². The van der Waals surface area contributed by atoms with Gasteiger partial charge in [-0.25, -0.2) is 4.79 Å². The molecule has 0 aromatic heterocycles. The Bertz CT molecular complexity index is 417. The van der Waals surface area contributed by atoms with Crippen LogP contribution >= 0.6 is 11.8 Å². The van der Waals surface area contributed by atoms with Crippen molar-refractivity contribution in [3.05, 3.63) is 29.8 Å². The van der Waals surface area contributed by atoms with E-state index in [1.807, 2.05) is 6.92 Å². The van der Waals surface area contributed by atoms with E-state index < -0.39 is 5.97 Å². The van der Waals surface area contributed by atoms with Crippen LogP contribution in [0.25, 0.3) is 0 Å². The molecule has 1 rings (SSSR count). The van der Waals surface area contributed by atoms with Crippen molar-refractivity contribution >= 4 is 23.6 Å². The van der Waals surface area contributed by atoms with Crippen LogP contribution in [0.4, 0.5) is 0 Å². The number of carbonyl (C=O) groups excluding carboxylic acids is 1. The molecule has 4 nitrogen and oxygen atoms in total. The third-order valence-electron chi connectivity index (χ3n) is 2.52. The quantitative estimate of drug-likeness (QED) is 0.804. The van der Waals surface area contributed by atoms with Crippen molar-refractivity contribution in [3.63, 3.8) is 0 Å². The fourth-order valence-electron chi connectivity index (χ4n) is 1.39. The molecule has 1 aromatic rings. The normalized spacial score (nSPS) is 10.1. The first kappa shape index (κ1) is 14.6. The summed E-state index contributed by atoms with van der Waals surface area (Å²) in [5.41, 5.74) is 0.289. The van der Waals surface area contributed by atoms with Gasteiger partial charge in [-0.2, -0.15) is 0 Å². The van der Waals surface area contributed by atoms with Crippen molar-refractivity contribution in [2.24, 2.45) is 0 Å². The summed E-state index contributed by atoms with van der Waals surface area (Å²) in [5, 5.41) is 8.76. The van der Waals surface area contributed by atoms with Crippen molar-refractivity contribution < 1.29 is 14.7 Å². The Balaban J connectivity index is 2.40. The highest BCUT2D eigenvalue weighted by molar-refractivity contribution is 7.99. The Labute approximate surface area is 111 Å². The summed E-state index contributed by atoms with van der Waals surface area (Å²) >= 11 is 1.61. The molecule has 1 amide bonds. The number of rotatable bonds is 6. The molecule has 0 aliphatic carbocycles. The molecular weight excluding hydrogens is 250 g/mol. The molecule has 18 heavy (non-hydrogen) atoms. The lowest BCUT2D eigenvalue weighted by Crippen LogP contribution is -2.27. The topological polar surface area (TPSA) is 57.6 Å².